The van der Waals surface area contributed by atoms with Gasteiger partial charge in [-0.05, 0) is 18.3 Å². The molecule has 1 atom stereocenters. The first kappa shape index (κ1) is 14.5. The largest absolute Gasteiger partial charge is 0.469 e. The molecule has 0 saturated heterocycles. The molecule has 0 aromatic carbocycles. The fourth-order valence-corrected chi connectivity index (χ4v) is 2.92. The first-order valence-electron chi connectivity index (χ1n) is 7.33. The Bertz CT molecular complexity index is 207. The molecular formula is C15H28O2. The van der Waals surface area contributed by atoms with Crippen molar-refractivity contribution in [2.45, 2.75) is 71.1 Å². The number of hydrogen-bond donors (Lipinski definition) is 0. The van der Waals surface area contributed by atoms with E-state index in [1.165, 1.54) is 58.5 Å². The Morgan fingerprint density at radius 1 is 1.24 bits per heavy atom. The molecule has 0 radical (unpaired) electrons. The molecule has 0 aromatic heterocycles. The van der Waals surface area contributed by atoms with Crippen molar-refractivity contribution >= 4 is 5.97 Å². The van der Waals surface area contributed by atoms with E-state index >= 15 is 0 Å². The lowest BCUT2D eigenvalue weighted by atomic mass is 9.83. The van der Waals surface area contributed by atoms with Crippen molar-refractivity contribution in [2.75, 3.05) is 7.11 Å². The van der Waals surface area contributed by atoms with Gasteiger partial charge in [0.1, 0.15) is 0 Å². The summed E-state index contributed by atoms with van der Waals surface area (Å²) in [6.45, 7) is 2.24. The monoisotopic (exact) mass is 240 g/mol. The second-order valence-electron chi connectivity index (χ2n) is 5.47. The first-order valence-corrected chi connectivity index (χ1v) is 7.33. The minimum absolute atomic E-state index is 0.0545. The molecule has 2 nitrogen and oxygen atoms in total. The predicted octanol–water partition coefficient (Wildman–Crippen LogP) is 4.33. The van der Waals surface area contributed by atoms with Crippen LogP contribution in [0.15, 0.2) is 0 Å². The van der Waals surface area contributed by atoms with Crippen molar-refractivity contribution in [3.63, 3.8) is 0 Å². The molecular weight excluding hydrogens is 212 g/mol. The standard InChI is InChI=1S/C15H28O2/c1-3-13(11-12-15(16)17-2)9-10-14-7-5-4-6-8-14/h13-14H,3-12H2,1-2H3. The van der Waals surface area contributed by atoms with Crippen molar-refractivity contribution in [3.8, 4) is 0 Å². The highest BCUT2D eigenvalue weighted by Crippen LogP contribution is 2.30. The van der Waals surface area contributed by atoms with Crippen LogP contribution in [0.2, 0.25) is 0 Å². The Hall–Kier alpha value is -0.530. The van der Waals surface area contributed by atoms with Gasteiger partial charge < -0.3 is 4.74 Å². The normalized spacial score (nSPS) is 18.9. The molecule has 0 aromatic rings. The zero-order valence-corrected chi connectivity index (χ0v) is 11.5. The molecule has 100 valence electrons. The summed E-state index contributed by atoms with van der Waals surface area (Å²) >= 11 is 0. The van der Waals surface area contributed by atoms with Crippen molar-refractivity contribution in [3.05, 3.63) is 0 Å². The van der Waals surface area contributed by atoms with Crippen molar-refractivity contribution in [1.29, 1.82) is 0 Å². The average Bonchev–Trinajstić information content (AvgIpc) is 2.39. The third-order valence-electron chi connectivity index (χ3n) is 4.27. The summed E-state index contributed by atoms with van der Waals surface area (Å²) in [5, 5.41) is 0. The Labute approximate surface area is 106 Å². The van der Waals surface area contributed by atoms with E-state index in [0.29, 0.717) is 6.42 Å². The van der Waals surface area contributed by atoms with Crippen LogP contribution >= 0.6 is 0 Å². The minimum Gasteiger partial charge on any atom is -0.469 e. The lowest BCUT2D eigenvalue weighted by molar-refractivity contribution is -0.140. The molecule has 2 heteroatoms. The SMILES string of the molecule is CCC(CCC(=O)OC)CCC1CCCCC1. The highest BCUT2D eigenvalue weighted by Gasteiger charge is 2.16. The maximum Gasteiger partial charge on any atom is 0.305 e. The van der Waals surface area contributed by atoms with Crippen LogP contribution in [-0.2, 0) is 9.53 Å². The van der Waals surface area contributed by atoms with Crippen molar-refractivity contribution in [2.24, 2.45) is 11.8 Å². The Morgan fingerprint density at radius 3 is 2.53 bits per heavy atom. The lowest BCUT2D eigenvalue weighted by Gasteiger charge is -2.23. The molecule has 0 N–H and O–H groups in total. The molecule has 1 saturated carbocycles. The third-order valence-corrected chi connectivity index (χ3v) is 4.27. The van der Waals surface area contributed by atoms with Gasteiger partial charge in [0.25, 0.3) is 0 Å². The summed E-state index contributed by atoms with van der Waals surface area (Å²) in [5.41, 5.74) is 0. The summed E-state index contributed by atoms with van der Waals surface area (Å²) in [4.78, 5) is 11.1. The van der Waals surface area contributed by atoms with E-state index in [-0.39, 0.29) is 5.97 Å². The number of carbonyl (C=O) groups excluding carboxylic acids is 1. The van der Waals surface area contributed by atoms with Crippen LogP contribution in [0.1, 0.15) is 71.1 Å². The van der Waals surface area contributed by atoms with Gasteiger partial charge in [-0.15, -0.1) is 0 Å². The predicted molar refractivity (Wildman–Crippen MR) is 70.8 cm³/mol. The molecule has 0 aliphatic heterocycles. The molecule has 0 bridgehead atoms. The zero-order chi connectivity index (χ0) is 12.5. The quantitative estimate of drug-likeness (QED) is 0.619. The summed E-state index contributed by atoms with van der Waals surface area (Å²) in [5.74, 6) is 1.63. The van der Waals surface area contributed by atoms with Crippen LogP contribution in [0.25, 0.3) is 0 Å². The summed E-state index contributed by atoms with van der Waals surface area (Å²) in [6, 6.07) is 0. The van der Waals surface area contributed by atoms with Gasteiger partial charge in [0.2, 0.25) is 0 Å². The number of rotatable bonds is 7. The first-order chi connectivity index (χ1) is 8.26. The van der Waals surface area contributed by atoms with Gasteiger partial charge >= 0.3 is 5.97 Å². The summed E-state index contributed by atoms with van der Waals surface area (Å²) in [6.07, 6.45) is 12.7. The molecule has 17 heavy (non-hydrogen) atoms. The molecule has 1 aliphatic rings. The van der Waals surface area contributed by atoms with E-state index in [4.69, 9.17) is 4.74 Å². The third kappa shape index (κ3) is 6.09. The van der Waals surface area contributed by atoms with Gasteiger partial charge in [-0.1, -0.05) is 58.3 Å². The molecule has 0 spiro atoms. The van der Waals surface area contributed by atoms with Crippen LogP contribution in [0, 0.1) is 11.8 Å². The molecule has 1 unspecified atom stereocenters. The smallest absolute Gasteiger partial charge is 0.305 e. The topological polar surface area (TPSA) is 26.3 Å². The second kappa shape index (κ2) is 8.54. The number of methoxy groups -OCH3 is 1. The second-order valence-corrected chi connectivity index (χ2v) is 5.47. The maximum atomic E-state index is 11.1. The fraction of sp³-hybridized carbons (Fsp3) is 0.933. The van der Waals surface area contributed by atoms with Crippen LogP contribution in [0.4, 0.5) is 0 Å². The highest BCUT2D eigenvalue weighted by molar-refractivity contribution is 5.69. The van der Waals surface area contributed by atoms with E-state index in [1.54, 1.807) is 0 Å². The van der Waals surface area contributed by atoms with E-state index < -0.39 is 0 Å². The molecule has 0 heterocycles. The lowest BCUT2D eigenvalue weighted by Crippen LogP contribution is -2.10. The average molecular weight is 240 g/mol. The van der Waals surface area contributed by atoms with Crippen LogP contribution in [0.3, 0.4) is 0 Å². The van der Waals surface area contributed by atoms with Gasteiger partial charge in [-0.3, -0.25) is 4.79 Å². The van der Waals surface area contributed by atoms with E-state index in [2.05, 4.69) is 6.92 Å². The number of ether oxygens (including phenoxy) is 1. The van der Waals surface area contributed by atoms with Crippen molar-refractivity contribution in [1.82, 2.24) is 0 Å². The number of carbonyl (C=O) groups is 1. The summed E-state index contributed by atoms with van der Waals surface area (Å²) in [7, 11) is 1.48. The Morgan fingerprint density at radius 2 is 1.94 bits per heavy atom. The van der Waals surface area contributed by atoms with Gasteiger partial charge in [0.05, 0.1) is 7.11 Å². The van der Waals surface area contributed by atoms with E-state index in [1.807, 2.05) is 0 Å². The van der Waals surface area contributed by atoms with E-state index in [0.717, 1.165) is 18.3 Å². The number of esters is 1. The molecule has 1 rings (SSSR count). The van der Waals surface area contributed by atoms with Gasteiger partial charge in [-0.25, -0.2) is 0 Å². The maximum absolute atomic E-state index is 11.1. The summed E-state index contributed by atoms with van der Waals surface area (Å²) < 4.78 is 4.70. The Balaban J connectivity index is 2.14. The van der Waals surface area contributed by atoms with Crippen molar-refractivity contribution < 1.29 is 9.53 Å². The minimum atomic E-state index is -0.0545. The molecule has 1 fully saturated rings. The Kier molecular flexibility index (Phi) is 7.30. The zero-order valence-electron chi connectivity index (χ0n) is 11.5. The number of hydrogen-bond acceptors (Lipinski definition) is 2. The van der Waals surface area contributed by atoms with Gasteiger partial charge in [0, 0.05) is 6.42 Å². The fourth-order valence-electron chi connectivity index (χ4n) is 2.92. The van der Waals surface area contributed by atoms with Crippen LogP contribution in [-0.4, -0.2) is 13.1 Å². The highest BCUT2D eigenvalue weighted by atomic mass is 16.5. The van der Waals surface area contributed by atoms with Gasteiger partial charge in [0.15, 0.2) is 0 Å². The van der Waals surface area contributed by atoms with E-state index in [9.17, 15) is 4.79 Å². The van der Waals surface area contributed by atoms with Crippen LogP contribution < -0.4 is 0 Å². The molecule has 0 amide bonds. The van der Waals surface area contributed by atoms with Crippen LogP contribution in [0.5, 0.6) is 0 Å². The molecule has 1 aliphatic carbocycles. The van der Waals surface area contributed by atoms with Gasteiger partial charge in [-0.2, -0.15) is 0 Å².